The van der Waals surface area contributed by atoms with Gasteiger partial charge in [0, 0.05) is 31.0 Å². The average Bonchev–Trinajstić information content (AvgIpc) is 2.77. The number of esters is 1. The number of carbonyl (C=O) groups excluding carboxylic acids is 2. The van der Waals surface area contributed by atoms with Gasteiger partial charge in [0.2, 0.25) is 5.91 Å². The van der Waals surface area contributed by atoms with Crippen LogP contribution < -0.4 is 19.5 Å². The van der Waals surface area contributed by atoms with E-state index >= 15 is 0 Å². The zero-order chi connectivity index (χ0) is 22.1. The number of methoxy groups -OCH3 is 1. The molecule has 0 saturated heterocycles. The van der Waals surface area contributed by atoms with E-state index in [1.165, 1.54) is 20.1 Å². The summed E-state index contributed by atoms with van der Waals surface area (Å²) in [7, 11) is 1.49. The van der Waals surface area contributed by atoms with E-state index in [2.05, 4.69) is 10.3 Å². The molecule has 0 aliphatic rings. The summed E-state index contributed by atoms with van der Waals surface area (Å²) >= 11 is 0. The van der Waals surface area contributed by atoms with Crippen molar-refractivity contribution < 1.29 is 23.8 Å². The third-order valence-electron chi connectivity index (χ3n) is 4.08. The molecule has 158 valence electrons. The van der Waals surface area contributed by atoms with Gasteiger partial charge in [0.25, 0.3) is 0 Å². The van der Waals surface area contributed by atoms with Crippen LogP contribution in [0.5, 0.6) is 17.2 Å². The molecule has 0 unspecified atom stereocenters. The Morgan fingerprint density at radius 1 is 1.03 bits per heavy atom. The van der Waals surface area contributed by atoms with Gasteiger partial charge in [-0.05, 0) is 48.0 Å². The summed E-state index contributed by atoms with van der Waals surface area (Å²) in [4.78, 5) is 27.8. The van der Waals surface area contributed by atoms with Gasteiger partial charge in [-0.1, -0.05) is 18.2 Å². The van der Waals surface area contributed by atoms with E-state index in [-0.39, 0.29) is 11.7 Å². The van der Waals surface area contributed by atoms with Crippen molar-refractivity contribution >= 4 is 23.6 Å². The quantitative estimate of drug-likeness (QED) is 0.334. The van der Waals surface area contributed by atoms with Gasteiger partial charge in [-0.25, -0.2) is 0 Å². The van der Waals surface area contributed by atoms with E-state index in [1.807, 2.05) is 24.3 Å². The second-order valence-corrected chi connectivity index (χ2v) is 6.46. The first kappa shape index (κ1) is 21.6. The maximum Gasteiger partial charge on any atom is 0.308 e. The number of aromatic nitrogens is 1. The van der Waals surface area contributed by atoms with Gasteiger partial charge in [0.15, 0.2) is 11.5 Å². The molecule has 0 spiro atoms. The van der Waals surface area contributed by atoms with E-state index in [9.17, 15) is 9.59 Å². The smallest absolute Gasteiger partial charge is 0.308 e. The molecule has 7 nitrogen and oxygen atoms in total. The number of anilines is 1. The predicted molar refractivity (Wildman–Crippen MR) is 117 cm³/mol. The Hall–Kier alpha value is -4.13. The standard InChI is InChI=1S/C24H22N2O5/c1-17(27)31-23-14-18(9-11-22(23)29-2)10-12-24(28)26-19-7-5-8-21(15-19)30-16-20-6-3-4-13-25-20/h3-15H,16H2,1-2H3,(H,26,28)/b12-10+. The fourth-order valence-corrected chi connectivity index (χ4v) is 2.69. The normalized spacial score (nSPS) is 10.5. The van der Waals surface area contributed by atoms with Crippen LogP contribution >= 0.6 is 0 Å². The fraction of sp³-hybridized carbons (Fsp3) is 0.125. The number of nitrogens with one attached hydrogen (secondary N) is 1. The van der Waals surface area contributed by atoms with Gasteiger partial charge in [0.05, 0.1) is 12.8 Å². The number of nitrogens with zero attached hydrogens (tertiary/aromatic N) is 1. The Labute approximate surface area is 180 Å². The molecule has 1 N–H and O–H groups in total. The van der Waals surface area contributed by atoms with Crippen LogP contribution in [-0.2, 0) is 16.2 Å². The van der Waals surface area contributed by atoms with E-state index in [0.717, 1.165) is 5.69 Å². The van der Waals surface area contributed by atoms with Crippen LogP contribution in [-0.4, -0.2) is 24.0 Å². The van der Waals surface area contributed by atoms with E-state index in [1.54, 1.807) is 48.7 Å². The van der Waals surface area contributed by atoms with Crippen LogP contribution in [0.4, 0.5) is 5.69 Å². The first-order valence-corrected chi connectivity index (χ1v) is 9.52. The molecule has 0 aliphatic carbocycles. The predicted octanol–water partition coefficient (Wildman–Crippen LogP) is 4.25. The summed E-state index contributed by atoms with van der Waals surface area (Å²) < 4.78 is 16.0. The Bertz CT molecular complexity index is 1080. The molecular formula is C24H22N2O5. The average molecular weight is 418 g/mol. The fourth-order valence-electron chi connectivity index (χ4n) is 2.69. The van der Waals surface area contributed by atoms with Gasteiger partial charge in [0.1, 0.15) is 12.4 Å². The van der Waals surface area contributed by atoms with Crippen molar-refractivity contribution in [1.29, 1.82) is 0 Å². The maximum atomic E-state index is 12.3. The lowest BCUT2D eigenvalue weighted by Gasteiger charge is -2.09. The van der Waals surface area contributed by atoms with Gasteiger partial charge in [-0.3, -0.25) is 14.6 Å². The molecule has 31 heavy (non-hydrogen) atoms. The molecule has 0 fully saturated rings. The Morgan fingerprint density at radius 3 is 2.65 bits per heavy atom. The van der Waals surface area contributed by atoms with Crippen molar-refractivity contribution in [2.75, 3.05) is 12.4 Å². The molecule has 3 aromatic rings. The highest BCUT2D eigenvalue weighted by atomic mass is 16.6. The van der Waals surface area contributed by atoms with Gasteiger partial charge in [-0.15, -0.1) is 0 Å². The topological polar surface area (TPSA) is 86.8 Å². The second kappa shape index (κ2) is 10.6. The van der Waals surface area contributed by atoms with Gasteiger partial charge in [-0.2, -0.15) is 0 Å². The molecule has 0 bridgehead atoms. The van der Waals surface area contributed by atoms with Gasteiger partial charge < -0.3 is 19.5 Å². The van der Waals surface area contributed by atoms with E-state index in [4.69, 9.17) is 14.2 Å². The SMILES string of the molecule is COc1ccc(/C=C/C(=O)Nc2cccc(OCc3ccccn3)c2)cc1OC(C)=O. The number of carbonyl (C=O) groups is 2. The minimum absolute atomic E-state index is 0.287. The first-order chi connectivity index (χ1) is 15.0. The van der Waals surface area contributed by atoms with Crippen molar-refractivity contribution in [2.45, 2.75) is 13.5 Å². The van der Waals surface area contributed by atoms with Crippen molar-refractivity contribution in [3.8, 4) is 17.2 Å². The monoisotopic (exact) mass is 418 g/mol. The van der Waals surface area contributed by atoms with Gasteiger partial charge >= 0.3 is 5.97 Å². The summed E-state index contributed by atoms with van der Waals surface area (Å²) in [5, 5.41) is 2.79. The van der Waals surface area contributed by atoms with Crippen molar-refractivity contribution in [3.05, 3.63) is 84.2 Å². The molecule has 7 heteroatoms. The van der Waals surface area contributed by atoms with Crippen molar-refractivity contribution in [1.82, 2.24) is 4.98 Å². The van der Waals surface area contributed by atoms with Crippen LogP contribution in [0, 0.1) is 0 Å². The third-order valence-corrected chi connectivity index (χ3v) is 4.08. The van der Waals surface area contributed by atoms with Crippen molar-refractivity contribution in [2.24, 2.45) is 0 Å². The molecule has 0 aliphatic heterocycles. The lowest BCUT2D eigenvalue weighted by molar-refractivity contribution is -0.132. The summed E-state index contributed by atoms with van der Waals surface area (Å²) in [6.45, 7) is 1.64. The lowest BCUT2D eigenvalue weighted by Crippen LogP contribution is -2.08. The van der Waals surface area contributed by atoms with Crippen LogP contribution in [0.3, 0.4) is 0 Å². The minimum Gasteiger partial charge on any atom is -0.493 e. The van der Waals surface area contributed by atoms with Crippen LogP contribution in [0.1, 0.15) is 18.2 Å². The highest BCUT2D eigenvalue weighted by Gasteiger charge is 2.08. The molecule has 1 aromatic heterocycles. The molecule has 1 amide bonds. The molecular weight excluding hydrogens is 396 g/mol. The zero-order valence-electron chi connectivity index (χ0n) is 17.2. The molecule has 0 radical (unpaired) electrons. The Kier molecular flexibility index (Phi) is 7.37. The van der Waals surface area contributed by atoms with E-state index in [0.29, 0.717) is 29.4 Å². The largest absolute Gasteiger partial charge is 0.493 e. The number of benzene rings is 2. The van der Waals surface area contributed by atoms with Crippen molar-refractivity contribution in [3.63, 3.8) is 0 Å². The number of ether oxygens (including phenoxy) is 3. The number of pyridine rings is 1. The molecule has 0 atom stereocenters. The highest BCUT2D eigenvalue weighted by Crippen LogP contribution is 2.28. The summed E-state index contributed by atoms with van der Waals surface area (Å²) in [5.74, 6) is 0.567. The molecule has 0 saturated carbocycles. The van der Waals surface area contributed by atoms with Crippen LogP contribution in [0.15, 0.2) is 72.9 Å². The summed E-state index contributed by atoms with van der Waals surface area (Å²) in [5.41, 5.74) is 2.09. The van der Waals surface area contributed by atoms with Crippen LogP contribution in [0.2, 0.25) is 0 Å². The number of amides is 1. The summed E-state index contributed by atoms with van der Waals surface area (Å²) in [6.07, 6.45) is 4.71. The second-order valence-electron chi connectivity index (χ2n) is 6.46. The Balaban J connectivity index is 1.61. The maximum absolute atomic E-state index is 12.3. The van der Waals surface area contributed by atoms with E-state index < -0.39 is 5.97 Å². The zero-order valence-corrected chi connectivity index (χ0v) is 17.2. The number of rotatable bonds is 8. The lowest BCUT2D eigenvalue weighted by atomic mass is 10.2. The molecule has 2 aromatic carbocycles. The molecule has 1 heterocycles. The summed E-state index contributed by atoms with van der Waals surface area (Å²) in [6, 6.07) is 17.8. The Morgan fingerprint density at radius 2 is 1.90 bits per heavy atom. The van der Waals surface area contributed by atoms with Crippen LogP contribution in [0.25, 0.3) is 6.08 Å². The number of hydrogen-bond acceptors (Lipinski definition) is 6. The highest BCUT2D eigenvalue weighted by molar-refractivity contribution is 6.02. The first-order valence-electron chi connectivity index (χ1n) is 9.52. The third kappa shape index (κ3) is 6.71. The number of hydrogen-bond donors (Lipinski definition) is 1. The minimum atomic E-state index is -0.456. The molecule has 3 rings (SSSR count).